The van der Waals surface area contributed by atoms with Crippen LogP contribution in [0.1, 0.15) is 18.9 Å². The maximum Gasteiger partial charge on any atom is 0.0509 e. The van der Waals surface area contributed by atoms with Crippen LogP contribution in [0.4, 0.5) is 0 Å². The van der Waals surface area contributed by atoms with Gasteiger partial charge in [0.15, 0.2) is 0 Å². The van der Waals surface area contributed by atoms with Gasteiger partial charge in [0.2, 0.25) is 0 Å². The lowest BCUT2D eigenvalue weighted by Gasteiger charge is -2.07. The summed E-state index contributed by atoms with van der Waals surface area (Å²) < 4.78 is 0.838. The van der Waals surface area contributed by atoms with Gasteiger partial charge in [0.05, 0.1) is 4.58 Å². The van der Waals surface area contributed by atoms with Crippen molar-refractivity contribution in [1.29, 1.82) is 0 Å². The first-order chi connectivity index (χ1) is 6.84. The maximum atomic E-state index is 2.33. The highest BCUT2D eigenvalue weighted by Crippen LogP contribution is 2.39. The SMILES string of the molecule is CC1CSC(CCc2ccccc2)S1. The minimum Gasteiger partial charge on any atom is -0.146 e. The van der Waals surface area contributed by atoms with Gasteiger partial charge in [-0.15, -0.1) is 23.5 Å². The highest BCUT2D eigenvalue weighted by atomic mass is 32.2. The van der Waals surface area contributed by atoms with Crippen molar-refractivity contribution in [2.24, 2.45) is 0 Å². The van der Waals surface area contributed by atoms with Gasteiger partial charge >= 0.3 is 0 Å². The lowest BCUT2D eigenvalue weighted by molar-refractivity contribution is 0.907. The molecule has 1 saturated heterocycles. The van der Waals surface area contributed by atoms with E-state index in [9.17, 15) is 0 Å². The Hall–Kier alpha value is -0.0800. The summed E-state index contributed by atoms with van der Waals surface area (Å²) >= 11 is 4.28. The van der Waals surface area contributed by atoms with Crippen molar-refractivity contribution in [1.82, 2.24) is 0 Å². The Labute approximate surface area is 94.9 Å². The van der Waals surface area contributed by atoms with Crippen molar-refractivity contribution < 1.29 is 0 Å². The minimum absolute atomic E-state index is 0.838. The molecule has 1 heterocycles. The summed E-state index contributed by atoms with van der Waals surface area (Å²) in [6.07, 6.45) is 2.56. The first kappa shape index (κ1) is 10.4. The predicted molar refractivity (Wildman–Crippen MR) is 68.1 cm³/mol. The number of benzene rings is 1. The first-order valence-electron chi connectivity index (χ1n) is 5.15. The molecule has 0 aliphatic carbocycles. The number of rotatable bonds is 3. The van der Waals surface area contributed by atoms with E-state index in [0.717, 1.165) is 9.83 Å². The molecule has 2 atom stereocenters. The zero-order valence-electron chi connectivity index (χ0n) is 8.48. The van der Waals surface area contributed by atoms with E-state index in [-0.39, 0.29) is 0 Å². The Morgan fingerprint density at radius 1 is 1.29 bits per heavy atom. The largest absolute Gasteiger partial charge is 0.146 e. The van der Waals surface area contributed by atoms with Crippen LogP contribution in [0.5, 0.6) is 0 Å². The highest BCUT2D eigenvalue weighted by Gasteiger charge is 2.21. The fraction of sp³-hybridized carbons (Fsp3) is 0.500. The molecule has 1 aliphatic heterocycles. The van der Waals surface area contributed by atoms with Crippen molar-refractivity contribution in [3.05, 3.63) is 35.9 Å². The van der Waals surface area contributed by atoms with Gasteiger partial charge < -0.3 is 0 Å². The first-order valence-corrected chi connectivity index (χ1v) is 7.15. The standard InChI is InChI=1S/C12H16S2/c1-10-9-13-12(14-10)8-7-11-5-3-2-4-6-11/h2-6,10,12H,7-9H2,1H3. The smallest absolute Gasteiger partial charge is 0.0509 e. The molecular formula is C12H16S2. The third kappa shape index (κ3) is 2.96. The molecule has 0 saturated carbocycles. The van der Waals surface area contributed by atoms with E-state index >= 15 is 0 Å². The lowest BCUT2D eigenvalue weighted by atomic mass is 10.1. The Morgan fingerprint density at radius 3 is 2.71 bits per heavy atom. The molecule has 1 aliphatic rings. The van der Waals surface area contributed by atoms with Gasteiger partial charge in [0.25, 0.3) is 0 Å². The van der Waals surface area contributed by atoms with E-state index in [1.54, 1.807) is 0 Å². The Bertz CT molecular complexity index is 271. The molecule has 1 fully saturated rings. The van der Waals surface area contributed by atoms with Gasteiger partial charge in [-0.3, -0.25) is 0 Å². The maximum absolute atomic E-state index is 2.33. The molecule has 0 bridgehead atoms. The predicted octanol–water partition coefficient (Wildman–Crippen LogP) is 3.81. The van der Waals surface area contributed by atoms with Crippen LogP contribution in [-0.4, -0.2) is 15.6 Å². The van der Waals surface area contributed by atoms with Crippen LogP contribution in [0.25, 0.3) is 0 Å². The fourth-order valence-electron chi connectivity index (χ4n) is 1.66. The van der Waals surface area contributed by atoms with Crippen molar-refractivity contribution in [2.75, 3.05) is 5.75 Å². The van der Waals surface area contributed by atoms with Crippen molar-refractivity contribution >= 4 is 23.5 Å². The Kier molecular flexibility index (Phi) is 3.82. The molecule has 0 nitrogen and oxygen atoms in total. The number of hydrogen-bond donors (Lipinski definition) is 0. The van der Waals surface area contributed by atoms with Crippen LogP contribution in [0.3, 0.4) is 0 Å². The number of aryl methyl sites for hydroxylation is 1. The van der Waals surface area contributed by atoms with E-state index in [1.165, 1.54) is 24.2 Å². The van der Waals surface area contributed by atoms with Crippen LogP contribution in [0, 0.1) is 0 Å². The monoisotopic (exact) mass is 224 g/mol. The Balaban J connectivity index is 1.78. The van der Waals surface area contributed by atoms with E-state index in [2.05, 4.69) is 60.8 Å². The van der Waals surface area contributed by atoms with Crippen molar-refractivity contribution in [3.63, 3.8) is 0 Å². The second kappa shape index (κ2) is 5.13. The molecule has 0 radical (unpaired) electrons. The van der Waals surface area contributed by atoms with Gasteiger partial charge in [-0.05, 0) is 18.4 Å². The third-order valence-corrected chi connectivity index (χ3v) is 5.84. The zero-order chi connectivity index (χ0) is 9.80. The average molecular weight is 224 g/mol. The lowest BCUT2D eigenvalue weighted by Crippen LogP contribution is -1.96. The van der Waals surface area contributed by atoms with Gasteiger partial charge in [0, 0.05) is 11.0 Å². The summed E-state index contributed by atoms with van der Waals surface area (Å²) in [5.74, 6) is 1.34. The molecule has 1 aromatic rings. The molecule has 2 rings (SSSR count). The highest BCUT2D eigenvalue weighted by molar-refractivity contribution is 8.20. The molecule has 0 aromatic heterocycles. The summed E-state index contributed by atoms with van der Waals surface area (Å²) in [5.41, 5.74) is 1.48. The molecule has 76 valence electrons. The molecule has 2 heteroatoms. The van der Waals surface area contributed by atoms with Crippen LogP contribution in [0.2, 0.25) is 0 Å². The summed E-state index contributed by atoms with van der Waals surface area (Å²) in [7, 11) is 0. The summed E-state index contributed by atoms with van der Waals surface area (Å²) in [5, 5.41) is 0.862. The van der Waals surface area contributed by atoms with E-state index in [1.807, 2.05) is 0 Å². The molecule has 0 N–H and O–H groups in total. The average Bonchev–Trinajstić information content (AvgIpc) is 2.63. The van der Waals surface area contributed by atoms with Crippen LogP contribution < -0.4 is 0 Å². The molecular weight excluding hydrogens is 208 g/mol. The van der Waals surface area contributed by atoms with Gasteiger partial charge in [-0.25, -0.2) is 0 Å². The van der Waals surface area contributed by atoms with Crippen LogP contribution >= 0.6 is 23.5 Å². The third-order valence-electron chi connectivity index (χ3n) is 2.41. The Morgan fingerprint density at radius 2 is 2.07 bits per heavy atom. The molecule has 2 unspecified atom stereocenters. The van der Waals surface area contributed by atoms with Crippen LogP contribution in [0.15, 0.2) is 30.3 Å². The molecule has 0 spiro atoms. The summed E-state index contributed by atoms with van der Waals surface area (Å²) in [6, 6.07) is 10.8. The van der Waals surface area contributed by atoms with Gasteiger partial charge in [-0.1, -0.05) is 37.3 Å². The van der Waals surface area contributed by atoms with Gasteiger partial charge in [0.1, 0.15) is 0 Å². The van der Waals surface area contributed by atoms with Crippen molar-refractivity contribution in [2.45, 2.75) is 29.6 Å². The van der Waals surface area contributed by atoms with E-state index in [0.29, 0.717) is 0 Å². The normalized spacial score (nSPS) is 26.6. The molecule has 14 heavy (non-hydrogen) atoms. The summed E-state index contributed by atoms with van der Waals surface area (Å²) in [4.78, 5) is 0. The topological polar surface area (TPSA) is 0 Å². The second-order valence-corrected chi connectivity index (χ2v) is 6.91. The zero-order valence-corrected chi connectivity index (χ0v) is 10.1. The van der Waals surface area contributed by atoms with Crippen molar-refractivity contribution in [3.8, 4) is 0 Å². The quantitative estimate of drug-likeness (QED) is 0.765. The number of hydrogen-bond acceptors (Lipinski definition) is 2. The molecule has 0 amide bonds. The van der Waals surface area contributed by atoms with Crippen LogP contribution in [-0.2, 0) is 6.42 Å². The fourth-order valence-corrected chi connectivity index (χ4v) is 4.87. The van der Waals surface area contributed by atoms with E-state index < -0.39 is 0 Å². The second-order valence-electron chi connectivity index (χ2n) is 3.73. The van der Waals surface area contributed by atoms with E-state index in [4.69, 9.17) is 0 Å². The van der Waals surface area contributed by atoms with Gasteiger partial charge in [-0.2, -0.15) is 0 Å². The number of thioether (sulfide) groups is 2. The molecule has 1 aromatic carbocycles. The minimum atomic E-state index is 0.838. The summed E-state index contributed by atoms with van der Waals surface area (Å²) in [6.45, 7) is 2.33.